The van der Waals surface area contributed by atoms with Gasteiger partial charge in [-0.05, 0) is 42.7 Å². The molecule has 0 saturated carbocycles. The number of halogens is 1. The summed E-state index contributed by atoms with van der Waals surface area (Å²) in [6.07, 6.45) is 3.56. The molecule has 1 spiro atoms. The van der Waals surface area contributed by atoms with Gasteiger partial charge in [0, 0.05) is 40.3 Å². The molecule has 1 saturated heterocycles. The van der Waals surface area contributed by atoms with E-state index < -0.39 is 0 Å². The molecule has 0 bridgehead atoms. The zero-order chi connectivity index (χ0) is 18.3. The van der Waals surface area contributed by atoms with Crippen molar-refractivity contribution in [2.45, 2.75) is 24.9 Å². The van der Waals surface area contributed by atoms with Gasteiger partial charge in [0.2, 0.25) is 0 Å². The summed E-state index contributed by atoms with van der Waals surface area (Å²) in [6, 6.07) is 6.62. The summed E-state index contributed by atoms with van der Waals surface area (Å²) in [7, 11) is 3.57. The van der Waals surface area contributed by atoms with Crippen molar-refractivity contribution in [2.24, 2.45) is 0 Å². The maximum Gasteiger partial charge on any atom is 0.319 e. The Morgan fingerprint density at radius 2 is 1.88 bits per heavy atom. The average Bonchev–Trinajstić information content (AvgIpc) is 3.08. The molecule has 7 heteroatoms. The SMILES string of the molecule is CN(C)C(=O)N1CCC2(CC1)NCCn1c(-c3ccc(F)cc3)cnc12. The normalized spacial score (nSPS) is 18.7. The number of likely N-dealkylation sites (tertiary alicyclic amines) is 1. The highest BCUT2D eigenvalue weighted by Crippen LogP contribution is 2.36. The minimum Gasteiger partial charge on any atom is -0.331 e. The largest absolute Gasteiger partial charge is 0.331 e. The molecule has 2 aliphatic heterocycles. The monoisotopic (exact) mass is 357 g/mol. The van der Waals surface area contributed by atoms with E-state index in [0.29, 0.717) is 13.1 Å². The molecule has 1 aromatic heterocycles. The van der Waals surface area contributed by atoms with Crippen LogP contribution in [0.4, 0.5) is 9.18 Å². The number of imidazole rings is 1. The van der Waals surface area contributed by atoms with Gasteiger partial charge in [0.15, 0.2) is 0 Å². The van der Waals surface area contributed by atoms with Crippen LogP contribution in [-0.2, 0) is 12.1 Å². The second kappa shape index (κ2) is 6.39. The molecule has 0 atom stereocenters. The number of hydrogen-bond donors (Lipinski definition) is 1. The van der Waals surface area contributed by atoms with E-state index in [1.54, 1.807) is 31.1 Å². The number of nitrogens with zero attached hydrogens (tertiary/aromatic N) is 4. The van der Waals surface area contributed by atoms with Crippen LogP contribution in [-0.4, -0.2) is 59.1 Å². The molecule has 1 aromatic carbocycles. The Balaban J connectivity index is 1.61. The molecule has 2 amide bonds. The Hall–Kier alpha value is -2.41. The zero-order valence-corrected chi connectivity index (χ0v) is 15.2. The van der Waals surface area contributed by atoms with Gasteiger partial charge in [0.25, 0.3) is 0 Å². The lowest BCUT2D eigenvalue weighted by Gasteiger charge is -2.45. The van der Waals surface area contributed by atoms with Crippen molar-refractivity contribution in [1.82, 2.24) is 24.7 Å². The molecule has 26 heavy (non-hydrogen) atoms. The highest BCUT2D eigenvalue weighted by atomic mass is 19.1. The second-order valence-corrected chi connectivity index (χ2v) is 7.30. The zero-order valence-electron chi connectivity index (χ0n) is 15.2. The fourth-order valence-corrected chi connectivity index (χ4v) is 4.08. The molecule has 0 radical (unpaired) electrons. The Labute approximate surface area is 152 Å². The van der Waals surface area contributed by atoms with Crippen LogP contribution in [0.2, 0.25) is 0 Å². The van der Waals surface area contributed by atoms with Crippen molar-refractivity contribution in [2.75, 3.05) is 33.7 Å². The van der Waals surface area contributed by atoms with E-state index in [9.17, 15) is 9.18 Å². The standard InChI is InChI=1S/C19H24FN5O/c1-23(2)18(26)24-10-7-19(8-11-24)17-21-13-16(25(17)12-9-22-19)14-3-5-15(20)6-4-14/h3-6,13,22H,7-12H2,1-2H3. The number of benzene rings is 1. The summed E-state index contributed by atoms with van der Waals surface area (Å²) in [5, 5.41) is 3.66. The number of carbonyl (C=O) groups excluding carboxylic acids is 1. The van der Waals surface area contributed by atoms with Gasteiger partial charge in [-0.1, -0.05) is 0 Å². The lowest BCUT2D eigenvalue weighted by atomic mass is 9.85. The van der Waals surface area contributed by atoms with Crippen LogP contribution in [0, 0.1) is 5.82 Å². The van der Waals surface area contributed by atoms with Crippen LogP contribution in [0.3, 0.4) is 0 Å². The van der Waals surface area contributed by atoms with Gasteiger partial charge >= 0.3 is 6.03 Å². The Bertz CT molecular complexity index is 806. The summed E-state index contributed by atoms with van der Waals surface area (Å²) in [5.41, 5.74) is 1.80. The summed E-state index contributed by atoms with van der Waals surface area (Å²) in [6.45, 7) is 3.12. The van der Waals surface area contributed by atoms with Crippen molar-refractivity contribution in [3.05, 3.63) is 42.1 Å². The van der Waals surface area contributed by atoms with Crippen molar-refractivity contribution >= 4 is 6.03 Å². The number of hydrogen-bond acceptors (Lipinski definition) is 3. The fraction of sp³-hybridized carbons (Fsp3) is 0.474. The van der Waals surface area contributed by atoms with E-state index in [1.165, 1.54) is 12.1 Å². The third-order valence-corrected chi connectivity index (χ3v) is 5.49. The third kappa shape index (κ3) is 2.76. The molecule has 2 aromatic rings. The third-order valence-electron chi connectivity index (χ3n) is 5.49. The van der Waals surface area contributed by atoms with E-state index in [1.807, 2.05) is 11.1 Å². The molecule has 2 aliphatic rings. The van der Waals surface area contributed by atoms with Crippen LogP contribution in [0.15, 0.2) is 30.5 Å². The van der Waals surface area contributed by atoms with E-state index in [0.717, 1.165) is 43.0 Å². The van der Waals surface area contributed by atoms with Gasteiger partial charge in [0.05, 0.1) is 17.4 Å². The van der Waals surface area contributed by atoms with E-state index in [2.05, 4.69) is 9.88 Å². The number of fused-ring (bicyclic) bond motifs is 2. The first-order chi connectivity index (χ1) is 12.5. The van der Waals surface area contributed by atoms with Crippen LogP contribution < -0.4 is 5.32 Å². The molecule has 0 aliphatic carbocycles. The number of carbonyl (C=O) groups is 1. The van der Waals surface area contributed by atoms with Gasteiger partial charge in [-0.15, -0.1) is 0 Å². The van der Waals surface area contributed by atoms with E-state index >= 15 is 0 Å². The average molecular weight is 357 g/mol. The van der Waals surface area contributed by atoms with E-state index in [-0.39, 0.29) is 17.4 Å². The van der Waals surface area contributed by atoms with Gasteiger partial charge in [-0.2, -0.15) is 0 Å². The number of rotatable bonds is 1. The summed E-state index contributed by atoms with van der Waals surface area (Å²) >= 11 is 0. The molecule has 4 rings (SSSR count). The van der Waals surface area contributed by atoms with Crippen LogP contribution in [0.5, 0.6) is 0 Å². The van der Waals surface area contributed by atoms with Crippen molar-refractivity contribution in [1.29, 1.82) is 0 Å². The van der Waals surface area contributed by atoms with Crippen molar-refractivity contribution in [3.63, 3.8) is 0 Å². The molecular formula is C19H24FN5O. The number of aromatic nitrogens is 2. The molecule has 1 N–H and O–H groups in total. The van der Waals surface area contributed by atoms with Crippen molar-refractivity contribution < 1.29 is 9.18 Å². The van der Waals surface area contributed by atoms with E-state index in [4.69, 9.17) is 4.98 Å². The summed E-state index contributed by atoms with van der Waals surface area (Å²) in [4.78, 5) is 20.5. The minimum atomic E-state index is -0.233. The predicted octanol–water partition coefficient (Wildman–Crippen LogP) is 2.27. The first-order valence-electron chi connectivity index (χ1n) is 9.03. The maximum atomic E-state index is 13.2. The molecule has 3 heterocycles. The van der Waals surface area contributed by atoms with Crippen LogP contribution in [0.25, 0.3) is 11.3 Å². The minimum absolute atomic E-state index is 0.0611. The van der Waals surface area contributed by atoms with Gasteiger partial charge in [-0.25, -0.2) is 14.2 Å². The predicted molar refractivity (Wildman–Crippen MR) is 97.2 cm³/mol. The number of piperidine rings is 1. The lowest BCUT2D eigenvalue weighted by Crippen LogP contribution is -2.57. The van der Waals surface area contributed by atoms with Gasteiger partial charge < -0.3 is 19.7 Å². The Morgan fingerprint density at radius 1 is 1.19 bits per heavy atom. The summed E-state index contributed by atoms with van der Waals surface area (Å²) < 4.78 is 15.5. The maximum absolute atomic E-state index is 13.2. The van der Waals surface area contributed by atoms with Gasteiger partial charge in [0.1, 0.15) is 11.6 Å². The van der Waals surface area contributed by atoms with Crippen LogP contribution in [0.1, 0.15) is 18.7 Å². The quantitative estimate of drug-likeness (QED) is 0.852. The Morgan fingerprint density at radius 3 is 2.54 bits per heavy atom. The number of urea groups is 1. The first kappa shape index (κ1) is 17.0. The number of nitrogens with one attached hydrogen (secondary N) is 1. The Kier molecular flexibility index (Phi) is 4.19. The number of amides is 2. The smallest absolute Gasteiger partial charge is 0.319 e. The van der Waals surface area contributed by atoms with Gasteiger partial charge in [-0.3, -0.25) is 0 Å². The highest BCUT2D eigenvalue weighted by Gasteiger charge is 2.42. The fourth-order valence-electron chi connectivity index (χ4n) is 4.08. The lowest BCUT2D eigenvalue weighted by molar-refractivity contribution is 0.111. The first-order valence-corrected chi connectivity index (χ1v) is 9.03. The molecule has 138 valence electrons. The van der Waals surface area contributed by atoms with Crippen molar-refractivity contribution in [3.8, 4) is 11.3 Å². The molecule has 0 unspecified atom stereocenters. The highest BCUT2D eigenvalue weighted by molar-refractivity contribution is 5.74. The van der Waals surface area contributed by atoms with Crippen LogP contribution >= 0.6 is 0 Å². The molecule has 1 fully saturated rings. The summed E-state index contributed by atoms with van der Waals surface area (Å²) in [5.74, 6) is 0.795. The molecule has 6 nitrogen and oxygen atoms in total. The molecular weight excluding hydrogens is 333 g/mol. The topological polar surface area (TPSA) is 53.4 Å². The second-order valence-electron chi connectivity index (χ2n) is 7.30.